The van der Waals surface area contributed by atoms with Crippen LogP contribution >= 0.6 is 11.6 Å². The van der Waals surface area contributed by atoms with E-state index in [4.69, 9.17) is 11.6 Å². The number of nitrogens with one attached hydrogen (secondary N) is 1. The Morgan fingerprint density at radius 1 is 1.14 bits per heavy atom. The molecular formula is C17H16ClFN2. The summed E-state index contributed by atoms with van der Waals surface area (Å²) >= 11 is 5.79. The van der Waals surface area contributed by atoms with E-state index in [1.807, 2.05) is 17.8 Å². The van der Waals surface area contributed by atoms with E-state index in [1.54, 1.807) is 12.1 Å². The average molecular weight is 303 g/mol. The Labute approximate surface area is 128 Å². The molecule has 4 heteroatoms. The van der Waals surface area contributed by atoms with Crippen LogP contribution in [0, 0.1) is 5.82 Å². The first-order chi connectivity index (χ1) is 10.2. The van der Waals surface area contributed by atoms with E-state index in [0.717, 1.165) is 17.4 Å². The van der Waals surface area contributed by atoms with Gasteiger partial charge in [-0.25, -0.2) is 4.39 Å². The van der Waals surface area contributed by atoms with Gasteiger partial charge in [-0.05, 0) is 48.3 Å². The summed E-state index contributed by atoms with van der Waals surface area (Å²) in [4.78, 5) is 0. The van der Waals surface area contributed by atoms with Crippen LogP contribution in [0.25, 0.3) is 10.9 Å². The minimum Gasteiger partial charge on any atom is -0.343 e. The zero-order valence-corrected chi connectivity index (χ0v) is 12.5. The minimum atomic E-state index is -0.267. The first kappa shape index (κ1) is 14.1. The van der Waals surface area contributed by atoms with E-state index < -0.39 is 0 Å². The SMILES string of the molecule is CNCc1ccc2c(ccn2Cc2ccc(Cl)cc2F)c1. The van der Waals surface area contributed by atoms with E-state index in [9.17, 15) is 4.39 Å². The van der Waals surface area contributed by atoms with Crippen LogP contribution in [0.3, 0.4) is 0 Å². The lowest BCUT2D eigenvalue weighted by Crippen LogP contribution is -2.05. The van der Waals surface area contributed by atoms with Crippen LogP contribution in [0.5, 0.6) is 0 Å². The van der Waals surface area contributed by atoms with E-state index in [0.29, 0.717) is 17.1 Å². The van der Waals surface area contributed by atoms with Gasteiger partial charge in [0.2, 0.25) is 0 Å². The minimum absolute atomic E-state index is 0.267. The molecular weight excluding hydrogens is 287 g/mol. The Morgan fingerprint density at radius 3 is 2.76 bits per heavy atom. The molecule has 0 fully saturated rings. The second-order valence-corrected chi connectivity index (χ2v) is 5.54. The fourth-order valence-electron chi connectivity index (χ4n) is 2.54. The fourth-order valence-corrected chi connectivity index (χ4v) is 2.69. The molecule has 0 spiro atoms. The molecule has 0 saturated carbocycles. The highest BCUT2D eigenvalue weighted by molar-refractivity contribution is 6.30. The number of hydrogen-bond acceptors (Lipinski definition) is 1. The first-order valence-corrected chi connectivity index (χ1v) is 7.21. The van der Waals surface area contributed by atoms with Crippen LogP contribution < -0.4 is 5.32 Å². The van der Waals surface area contributed by atoms with Crippen LogP contribution in [0.4, 0.5) is 4.39 Å². The predicted molar refractivity (Wildman–Crippen MR) is 85.2 cm³/mol. The number of aromatic nitrogens is 1. The maximum atomic E-state index is 13.9. The molecule has 1 heterocycles. The van der Waals surface area contributed by atoms with E-state index in [1.165, 1.54) is 11.6 Å². The molecule has 1 aromatic heterocycles. The van der Waals surface area contributed by atoms with E-state index >= 15 is 0 Å². The maximum Gasteiger partial charge on any atom is 0.129 e. The number of benzene rings is 2. The molecule has 0 atom stereocenters. The molecule has 0 bridgehead atoms. The summed E-state index contributed by atoms with van der Waals surface area (Å²) in [7, 11) is 1.93. The lowest BCUT2D eigenvalue weighted by Gasteiger charge is -2.08. The third-order valence-corrected chi connectivity index (χ3v) is 3.81. The first-order valence-electron chi connectivity index (χ1n) is 6.83. The van der Waals surface area contributed by atoms with Gasteiger partial charge in [0.1, 0.15) is 5.82 Å². The highest BCUT2D eigenvalue weighted by Gasteiger charge is 2.07. The monoisotopic (exact) mass is 302 g/mol. The molecule has 0 unspecified atom stereocenters. The third kappa shape index (κ3) is 2.94. The quantitative estimate of drug-likeness (QED) is 0.764. The number of halogens is 2. The van der Waals surface area contributed by atoms with Gasteiger partial charge >= 0.3 is 0 Å². The predicted octanol–water partition coefficient (Wildman–Crippen LogP) is 4.20. The second kappa shape index (κ2) is 5.88. The van der Waals surface area contributed by atoms with Crippen molar-refractivity contribution in [3.63, 3.8) is 0 Å². The number of hydrogen-bond donors (Lipinski definition) is 1. The van der Waals surface area contributed by atoms with Crippen molar-refractivity contribution in [3.05, 3.63) is 70.6 Å². The molecule has 2 aromatic carbocycles. The van der Waals surface area contributed by atoms with Crippen molar-refractivity contribution in [1.82, 2.24) is 9.88 Å². The van der Waals surface area contributed by atoms with Gasteiger partial charge in [-0.1, -0.05) is 23.7 Å². The van der Waals surface area contributed by atoms with E-state index in [2.05, 4.69) is 29.6 Å². The van der Waals surface area contributed by atoms with Crippen molar-refractivity contribution >= 4 is 22.5 Å². The van der Waals surface area contributed by atoms with Crippen molar-refractivity contribution in [2.24, 2.45) is 0 Å². The standard InChI is InChI=1S/C17H16ClFN2/c1-20-10-12-2-5-17-13(8-12)6-7-21(17)11-14-3-4-15(18)9-16(14)19/h2-9,20H,10-11H2,1H3. The molecule has 2 nitrogen and oxygen atoms in total. The Bertz CT molecular complexity index is 780. The molecule has 108 valence electrons. The largest absolute Gasteiger partial charge is 0.343 e. The zero-order valence-electron chi connectivity index (χ0n) is 11.7. The average Bonchev–Trinajstić information content (AvgIpc) is 2.85. The summed E-state index contributed by atoms with van der Waals surface area (Å²) < 4.78 is 15.9. The molecule has 0 aliphatic carbocycles. The van der Waals surface area contributed by atoms with Gasteiger partial charge in [-0.15, -0.1) is 0 Å². The fraction of sp³-hybridized carbons (Fsp3) is 0.176. The number of fused-ring (bicyclic) bond motifs is 1. The van der Waals surface area contributed by atoms with Gasteiger partial charge in [0.05, 0.1) is 6.54 Å². The summed E-state index contributed by atoms with van der Waals surface area (Å²) in [6, 6.07) is 13.2. The molecule has 0 amide bonds. The van der Waals surface area contributed by atoms with Crippen LogP contribution in [0.15, 0.2) is 48.7 Å². The van der Waals surface area contributed by atoms with E-state index in [-0.39, 0.29) is 5.82 Å². The summed E-state index contributed by atoms with van der Waals surface area (Å²) in [6.45, 7) is 1.34. The number of nitrogens with zero attached hydrogens (tertiary/aromatic N) is 1. The molecule has 0 saturated heterocycles. The second-order valence-electron chi connectivity index (χ2n) is 5.10. The summed E-state index contributed by atoms with van der Waals surface area (Å²) in [6.07, 6.45) is 1.99. The summed E-state index contributed by atoms with van der Waals surface area (Å²) in [5.41, 5.74) is 2.97. The van der Waals surface area contributed by atoms with Crippen LogP contribution in [0.1, 0.15) is 11.1 Å². The molecule has 0 aliphatic rings. The zero-order chi connectivity index (χ0) is 14.8. The summed E-state index contributed by atoms with van der Waals surface area (Å²) in [5.74, 6) is -0.267. The van der Waals surface area contributed by atoms with Crippen molar-refractivity contribution in [2.75, 3.05) is 7.05 Å². The Kier molecular flexibility index (Phi) is 3.95. The smallest absolute Gasteiger partial charge is 0.129 e. The highest BCUT2D eigenvalue weighted by atomic mass is 35.5. The van der Waals surface area contributed by atoms with Crippen LogP contribution in [0.2, 0.25) is 5.02 Å². The molecule has 0 aliphatic heterocycles. The maximum absolute atomic E-state index is 13.9. The van der Waals surface area contributed by atoms with Gasteiger partial charge < -0.3 is 9.88 Å². The van der Waals surface area contributed by atoms with Gasteiger partial charge in [0.25, 0.3) is 0 Å². The topological polar surface area (TPSA) is 17.0 Å². The molecule has 3 rings (SSSR count). The number of rotatable bonds is 4. The van der Waals surface area contributed by atoms with Crippen molar-refractivity contribution in [2.45, 2.75) is 13.1 Å². The molecule has 3 aromatic rings. The van der Waals surface area contributed by atoms with Crippen LogP contribution in [-0.2, 0) is 13.1 Å². The van der Waals surface area contributed by atoms with Gasteiger partial charge in [-0.3, -0.25) is 0 Å². The van der Waals surface area contributed by atoms with Gasteiger partial charge in [0.15, 0.2) is 0 Å². The van der Waals surface area contributed by atoms with Gasteiger partial charge in [-0.2, -0.15) is 0 Å². The van der Waals surface area contributed by atoms with Crippen molar-refractivity contribution in [3.8, 4) is 0 Å². The lowest BCUT2D eigenvalue weighted by atomic mass is 10.1. The van der Waals surface area contributed by atoms with Crippen molar-refractivity contribution < 1.29 is 4.39 Å². The Hall–Kier alpha value is -1.84. The normalized spacial score (nSPS) is 11.2. The Balaban J connectivity index is 1.94. The van der Waals surface area contributed by atoms with Crippen molar-refractivity contribution in [1.29, 1.82) is 0 Å². The molecule has 1 N–H and O–H groups in total. The molecule has 21 heavy (non-hydrogen) atoms. The third-order valence-electron chi connectivity index (χ3n) is 3.57. The lowest BCUT2D eigenvalue weighted by molar-refractivity contribution is 0.602. The Morgan fingerprint density at radius 2 is 2.00 bits per heavy atom. The summed E-state index contributed by atoms with van der Waals surface area (Å²) in [5, 5.41) is 4.72. The van der Waals surface area contributed by atoms with Gasteiger partial charge in [0, 0.05) is 28.8 Å². The molecule has 0 radical (unpaired) electrons. The highest BCUT2D eigenvalue weighted by Crippen LogP contribution is 2.21. The van der Waals surface area contributed by atoms with Crippen LogP contribution in [-0.4, -0.2) is 11.6 Å².